The molecule has 3 aromatic heterocycles. The highest BCUT2D eigenvalue weighted by Crippen LogP contribution is 2.32. The topological polar surface area (TPSA) is 98.3 Å². The zero-order chi connectivity index (χ0) is 24.1. The Bertz CT molecular complexity index is 1180. The van der Waals surface area contributed by atoms with Gasteiger partial charge in [0.2, 0.25) is 5.88 Å². The smallest absolute Gasteiger partial charge is 0.340 e. The van der Waals surface area contributed by atoms with Crippen LogP contribution in [0.2, 0.25) is 0 Å². The lowest BCUT2D eigenvalue weighted by atomic mass is 9.95. The van der Waals surface area contributed by atoms with Gasteiger partial charge in [0.1, 0.15) is 17.2 Å². The van der Waals surface area contributed by atoms with E-state index in [9.17, 15) is 4.79 Å². The summed E-state index contributed by atoms with van der Waals surface area (Å²) in [6.45, 7) is 7.36. The van der Waals surface area contributed by atoms with Crippen LogP contribution in [0.4, 0.5) is 17.3 Å². The van der Waals surface area contributed by atoms with Gasteiger partial charge in [-0.05, 0) is 56.9 Å². The third-order valence-electron chi connectivity index (χ3n) is 5.44. The van der Waals surface area contributed by atoms with Crippen LogP contribution >= 0.6 is 11.8 Å². The van der Waals surface area contributed by atoms with Crippen LogP contribution in [-0.2, 0) is 11.2 Å². The van der Waals surface area contributed by atoms with E-state index in [1.165, 1.54) is 0 Å². The van der Waals surface area contributed by atoms with Crippen molar-refractivity contribution in [2.24, 2.45) is 0 Å². The molecule has 0 atom stereocenters. The molecule has 180 valence electrons. The number of carbonyl (C=O) groups is 1. The maximum absolute atomic E-state index is 12.3. The van der Waals surface area contributed by atoms with Crippen molar-refractivity contribution in [3.63, 3.8) is 0 Å². The monoisotopic (exact) mass is 481 g/mol. The lowest BCUT2D eigenvalue weighted by Gasteiger charge is -2.30. The molecule has 0 aromatic carbocycles. The van der Waals surface area contributed by atoms with Crippen molar-refractivity contribution in [2.45, 2.75) is 45.6 Å². The summed E-state index contributed by atoms with van der Waals surface area (Å²) in [5, 5.41) is 8.56. The number of nitrogens with one attached hydrogen (secondary N) is 2. The van der Waals surface area contributed by atoms with E-state index in [4.69, 9.17) is 9.47 Å². The molecule has 1 aliphatic rings. The van der Waals surface area contributed by atoms with Crippen LogP contribution in [0, 0.1) is 0 Å². The molecule has 3 aromatic rings. The fourth-order valence-corrected chi connectivity index (χ4v) is 4.24. The highest BCUT2D eigenvalue weighted by Gasteiger charge is 2.33. The summed E-state index contributed by atoms with van der Waals surface area (Å²) in [7, 11) is 0. The van der Waals surface area contributed by atoms with Crippen molar-refractivity contribution >= 4 is 45.8 Å². The van der Waals surface area contributed by atoms with Gasteiger partial charge in [-0.3, -0.25) is 0 Å². The van der Waals surface area contributed by atoms with Crippen LogP contribution in [0.3, 0.4) is 0 Å². The number of hydrogen-bond donors (Lipinski definition) is 2. The molecule has 0 aliphatic carbocycles. The Morgan fingerprint density at radius 3 is 2.82 bits per heavy atom. The second-order valence-electron chi connectivity index (χ2n) is 8.86. The second kappa shape index (κ2) is 10.5. The molecule has 0 bridgehead atoms. The number of nitrogens with zero attached hydrogens (tertiary/aromatic N) is 3. The maximum Gasteiger partial charge on any atom is 0.340 e. The number of esters is 1. The van der Waals surface area contributed by atoms with Gasteiger partial charge in [-0.15, -0.1) is 0 Å². The number of rotatable bonds is 10. The van der Waals surface area contributed by atoms with Gasteiger partial charge in [0, 0.05) is 24.5 Å². The van der Waals surface area contributed by atoms with Gasteiger partial charge in [-0.2, -0.15) is 11.8 Å². The first-order valence-electron chi connectivity index (χ1n) is 11.5. The van der Waals surface area contributed by atoms with E-state index >= 15 is 0 Å². The molecule has 0 fully saturated rings. The van der Waals surface area contributed by atoms with Gasteiger partial charge in [-0.25, -0.2) is 19.7 Å². The van der Waals surface area contributed by atoms with E-state index in [2.05, 4.69) is 38.8 Å². The van der Waals surface area contributed by atoms with E-state index in [1.807, 2.05) is 26.1 Å². The Labute approximate surface area is 204 Å². The molecular weight excluding hydrogens is 450 g/mol. The molecule has 0 radical (unpaired) electrons. The van der Waals surface area contributed by atoms with Crippen LogP contribution in [-0.4, -0.2) is 51.7 Å². The minimum Gasteiger partial charge on any atom is -0.477 e. The predicted molar refractivity (Wildman–Crippen MR) is 138 cm³/mol. The summed E-state index contributed by atoms with van der Waals surface area (Å²) in [4.78, 5) is 26.1. The summed E-state index contributed by atoms with van der Waals surface area (Å²) in [6.07, 6.45) is 8.21. The van der Waals surface area contributed by atoms with Crippen LogP contribution in [0.5, 0.6) is 5.88 Å². The zero-order valence-electron chi connectivity index (χ0n) is 20.1. The number of ether oxygens (including phenoxy) is 2. The first-order valence-corrected chi connectivity index (χ1v) is 12.9. The molecule has 4 rings (SSSR count). The van der Waals surface area contributed by atoms with Crippen molar-refractivity contribution < 1.29 is 14.3 Å². The molecule has 4 heterocycles. The summed E-state index contributed by atoms with van der Waals surface area (Å²) < 4.78 is 11.4. The fraction of sp³-hybridized carbons (Fsp3) is 0.440. The van der Waals surface area contributed by atoms with Gasteiger partial charge < -0.3 is 20.1 Å². The Hall–Kier alpha value is -3.07. The fourth-order valence-electron chi connectivity index (χ4n) is 3.83. The van der Waals surface area contributed by atoms with E-state index in [-0.39, 0.29) is 5.97 Å². The number of carbonyl (C=O) groups excluding carboxylic acids is 1. The molecule has 0 amide bonds. The number of pyridine rings is 3. The van der Waals surface area contributed by atoms with Crippen molar-refractivity contribution in [3.05, 3.63) is 41.9 Å². The Balaban J connectivity index is 1.62. The Kier molecular flexibility index (Phi) is 7.41. The SMILES string of the molecule is CCCNc1cnc(OCCCSC)c2cnc(Nc3ccc4c(n3)CC(C)(C)OC4=O)cc12. The van der Waals surface area contributed by atoms with Gasteiger partial charge in [0.25, 0.3) is 0 Å². The molecule has 0 unspecified atom stereocenters. The highest BCUT2D eigenvalue weighted by atomic mass is 32.2. The number of thioether (sulfide) groups is 1. The lowest BCUT2D eigenvalue weighted by molar-refractivity contribution is -0.00714. The lowest BCUT2D eigenvalue weighted by Crippen LogP contribution is -2.36. The predicted octanol–water partition coefficient (Wildman–Crippen LogP) is 5.21. The third kappa shape index (κ3) is 5.52. The summed E-state index contributed by atoms with van der Waals surface area (Å²) in [6, 6.07) is 5.50. The number of cyclic esters (lactones) is 1. The Morgan fingerprint density at radius 1 is 1.18 bits per heavy atom. The summed E-state index contributed by atoms with van der Waals surface area (Å²) >= 11 is 1.80. The molecule has 9 heteroatoms. The molecule has 0 saturated heterocycles. The van der Waals surface area contributed by atoms with Crippen molar-refractivity contribution in [3.8, 4) is 5.88 Å². The van der Waals surface area contributed by atoms with Crippen LogP contribution in [0.1, 0.15) is 49.7 Å². The van der Waals surface area contributed by atoms with Crippen LogP contribution in [0.25, 0.3) is 10.8 Å². The summed E-state index contributed by atoms with van der Waals surface area (Å²) in [5.74, 6) is 2.57. The maximum atomic E-state index is 12.3. The standard InChI is InChI=1S/C25H31N5O3S/c1-5-9-26-20-15-28-23(32-10-6-11-34-4)18-14-27-22(12-17(18)20)30-21-8-7-16-19(29-21)13-25(2,3)33-24(16)31/h7-8,12,14-15,26H,5-6,9-11,13H2,1-4H3,(H,27,29,30). The average molecular weight is 482 g/mol. The highest BCUT2D eigenvalue weighted by molar-refractivity contribution is 7.98. The van der Waals surface area contributed by atoms with Crippen LogP contribution in [0.15, 0.2) is 30.6 Å². The first-order chi connectivity index (χ1) is 16.4. The molecular formula is C25H31N5O3S. The van der Waals surface area contributed by atoms with Crippen molar-refractivity contribution in [2.75, 3.05) is 35.8 Å². The Morgan fingerprint density at radius 2 is 2.03 bits per heavy atom. The van der Waals surface area contributed by atoms with E-state index in [0.717, 1.165) is 47.3 Å². The quantitative estimate of drug-likeness (QED) is 0.298. The largest absolute Gasteiger partial charge is 0.477 e. The molecule has 2 N–H and O–H groups in total. The van der Waals surface area contributed by atoms with Gasteiger partial charge in [0.05, 0.1) is 35.1 Å². The van der Waals surface area contributed by atoms with Gasteiger partial charge in [0.15, 0.2) is 0 Å². The van der Waals surface area contributed by atoms with E-state index < -0.39 is 5.60 Å². The molecule has 0 spiro atoms. The number of aromatic nitrogens is 3. The molecule has 8 nitrogen and oxygen atoms in total. The van der Waals surface area contributed by atoms with Gasteiger partial charge in [-0.1, -0.05) is 6.92 Å². The average Bonchev–Trinajstić information content (AvgIpc) is 2.80. The number of fused-ring (bicyclic) bond motifs is 2. The minimum absolute atomic E-state index is 0.335. The molecule has 0 saturated carbocycles. The number of hydrogen-bond acceptors (Lipinski definition) is 9. The first kappa shape index (κ1) is 24.1. The molecule has 34 heavy (non-hydrogen) atoms. The summed E-state index contributed by atoms with van der Waals surface area (Å²) in [5.41, 5.74) is 1.59. The second-order valence-corrected chi connectivity index (χ2v) is 9.84. The van der Waals surface area contributed by atoms with E-state index in [0.29, 0.717) is 36.1 Å². The minimum atomic E-state index is -0.573. The molecule has 1 aliphatic heterocycles. The van der Waals surface area contributed by atoms with Gasteiger partial charge >= 0.3 is 5.97 Å². The normalized spacial score (nSPS) is 14.4. The van der Waals surface area contributed by atoms with Crippen LogP contribution < -0.4 is 15.4 Å². The third-order valence-corrected chi connectivity index (χ3v) is 6.14. The van der Waals surface area contributed by atoms with E-state index in [1.54, 1.807) is 30.1 Å². The van der Waals surface area contributed by atoms with Crippen molar-refractivity contribution in [1.29, 1.82) is 0 Å². The zero-order valence-corrected chi connectivity index (χ0v) is 20.9. The van der Waals surface area contributed by atoms with Crippen molar-refractivity contribution in [1.82, 2.24) is 15.0 Å². The number of anilines is 3.